The Bertz CT molecular complexity index is 823. The number of amides is 1. The average molecular weight is 309 g/mol. The normalized spacial score (nSPS) is 19.3. The molecule has 0 aliphatic carbocycles. The predicted molar refractivity (Wildman–Crippen MR) is 88.2 cm³/mol. The molecule has 0 saturated carbocycles. The number of hydrogen-bond acceptors (Lipinski definition) is 3. The van der Waals surface area contributed by atoms with Gasteiger partial charge in [-0.05, 0) is 19.2 Å². The van der Waals surface area contributed by atoms with E-state index in [-0.39, 0.29) is 11.9 Å². The maximum atomic E-state index is 13.0. The van der Waals surface area contributed by atoms with Gasteiger partial charge in [0.2, 0.25) is 0 Å². The number of carbonyl (C=O) groups is 1. The summed E-state index contributed by atoms with van der Waals surface area (Å²) in [6, 6.07) is 7.93. The molecular weight excluding hydrogens is 290 g/mol. The number of imidazole rings is 1. The van der Waals surface area contributed by atoms with Gasteiger partial charge < -0.3 is 14.9 Å². The quantitative estimate of drug-likeness (QED) is 0.761. The second-order valence-corrected chi connectivity index (χ2v) is 5.97. The summed E-state index contributed by atoms with van der Waals surface area (Å²) in [5, 5.41) is 1.06. The van der Waals surface area contributed by atoms with E-state index in [1.807, 2.05) is 41.6 Å². The first-order valence-corrected chi connectivity index (χ1v) is 7.79. The number of carbonyl (C=O) groups excluding carboxylic acids is 1. The maximum absolute atomic E-state index is 13.0. The monoisotopic (exact) mass is 309 g/mol. The minimum Gasteiger partial charge on any atom is -0.361 e. The Morgan fingerprint density at radius 3 is 2.96 bits per heavy atom. The fourth-order valence-corrected chi connectivity index (χ4v) is 3.25. The summed E-state index contributed by atoms with van der Waals surface area (Å²) in [4.78, 5) is 27.8. The van der Waals surface area contributed by atoms with Gasteiger partial charge in [-0.2, -0.15) is 0 Å². The Labute approximate surface area is 134 Å². The average Bonchev–Trinajstić information content (AvgIpc) is 3.25. The zero-order valence-electron chi connectivity index (χ0n) is 13.0. The van der Waals surface area contributed by atoms with Crippen LogP contribution in [-0.4, -0.2) is 57.3 Å². The number of piperazine rings is 1. The highest BCUT2D eigenvalue weighted by molar-refractivity contribution is 6.05. The van der Waals surface area contributed by atoms with Gasteiger partial charge in [-0.25, -0.2) is 4.98 Å². The van der Waals surface area contributed by atoms with Crippen LogP contribution in [0.15, 0.2) is 42.9 Å². The standard InChI is InChI=1S/C17H19N5O/c1-21-9-10-22(11-14(21)16-19-7-8-20-16)17(23)13-4-2-3-12-5-6-18-15(12)13/h2-8,14,18H,9-11H2,1H3,(H,19,20). The van der Waals surface area contributed by atoms with Crippen LogP contribution < -0.4 is 0 Å². The van der Waals surface area contributed by atoms with Crippen molar-refractivity contribution in [2.24, 2.45) is 0 Å². The number of para-hydroxylation sites is 1. The molecule has 2 aromatic heterocycles. The van der Waals surface area contributed by atoms with Gasteiger partial charge in [-0.1, -0.05) is 12.1 Å². The highest BCUT2D eigenvalue weighted by Crippen LogP contribution is 2.24. The molecule has 6 heteroatoms. The van der Waals surface area contributed by atoms with E-state index < -0.39 is 0 Å². The number of hydrogen-bond donors (Lipinski definition) is 2. The summed E-state index contributed by atoms with van der Waals surface area (Å²) in [5.41, 5.74) is 1.64. The molecule has 2 N–H and O–H groups in total. The minimum absolute atomic E-state index is 0.0720. The summed E-state index contributed by atoms with van der Waals surface area (Å²) < 4.78 is 0. The lowest BCUT2D eigenvalue weighted by Gasteiger charge is -2.38. The molecule has 0 radical (unpaired) electrons. The zero-order valence-corrected chi connectivity index (χ0v) is 13.0. The van der Waals surface area contributed by atoms with Gasteiger partial charge in [-0.3, -0.25) is 9.69 Å². The molecule has 1 aliphatic heterocycles. The Kier molecular flexibility index (Phi) is 3.38. The van der Waals surface area contributed by atoms with Crippen molar-refractivity contribution in [3.63, 3.8) is 0 Å². The third kappa shape index (κ3) is 2.41. The van der Waals surface area contributed by atoms with Gasteiger partial charge in [0, 0.05) is 43.6 Å². The van der Waals surface area contributed by atoms with E-state index in [1.54, 1.807) is 6.20 Å². The molecular formula is C17H19N5O. The fraction of sp³-hybridized carbons (Fsp3) is 0.294. The van der Waals surface area contributed by atoms with Gasteiger partial charge in [0.15, 0.2) is 0 Å². The molecule has 23 heavy (non-hydrogen) atoms. The van der Waals surface area contributed by atoms with Crippen molar-refractivity contribution in [1.82, 2.24) is 24.8 Å². The molecule has 1 aromatic carbocycles. The number of aromatic amines is 2. The molecule has 1 fully saturated rings. The van der Waals surface area contributed by atoms with Crippen molar-refractivity contribution in [2.45, 2.75) is 6.04 Å². The van der Waals surface area contributed by atoms with Crippen molar-refractivity contribution >= 4 is 16.8 Å². The third-order valence-corrected chi connectivity index (χ3v) is 4.59. The highest BCUT2D eigenvalue weighted by Gasteiger charge is 2.30. The molecule has 118 valence electrons. The van der Waals surface area contributed by atoms with E-state index in [2.05, 4.69) is 26.9 Å². The molecule has 1 atom stereocenters. The second kappa shape index (κ2) is 5.55. The smallest absolute Gasteiger partial charge is 0.256 e. The van der Waals surface area contributed by atoms with E-state index in [0.717, 1.165) is 35.4 Å². The van der Waals surface area contributed by atoms with Crippen molar-refractivity contribution in [3.8, 4) is 0 Å². The number of likely N-dealkylation sites (N-methyl/N-ethyl adjacent to an activating group) is 1. The topological polar surface area (TPSA) is 68.0 Å². The third-order valence-electron chi connectivity index (χ3n) is 4.59. The summed E-state index contributed by atoms with van der Waals surface area (Å²) >= 11 is 0. The Morgan fingerprint density at radius 2 is 2.13 bits per heavy atom. The van der Waals surface area contributed by atoms with Gasteiger partial charge in [0.25, 0.3) is 5.91 Å². The molecule has 1 unspecified atom stereocenters. The van der Waals surface area contributed by atoms with E-state index in [0.29, 0.717) is 6.54 Å². The second-order valence-electron chi connectivity index (χ2n) is 5.97. The van der Waals surface area contributed by atoms with E-state index in [1.165, 1.54) is 0 Å². The van der Waals surface area contributed by atoms with Crippen molar-refractivity contribution < 1.29 is 4.79 Å². The SMILES string of the molecule is CN1CCN(C(=O)c2cccc3cc[nH]c23)CC1c1ncc[nH]1. The molecule has 1 amide bonds. The van der Waals surface area contributed by atoms with Gasteiger partial charge in [0.1, 0.15) is 5.82 Å². The molecule has 1 saturated heterocycles. The number of nitrogens with one attached hydrogen (secondary N) is 2. The lowest BCUT2D eigenvalue weighted by atomic mass is 10.1. The predicted octanol–water partition coefficient (Wildman–Crippen LogP) is 2.02. The van der Waals surface area contributed by atoms with Crippen molar-refractivity contribution in [3.05, 3.63) is 54.2 Å². The van der Waals surface area contributed by atoms with Crippen LogP contribution in [0.25, 0.3) is 10.9 Å². The van der Waals surface area contributed by atoms with Crippen LogP contribution in [-0.2, 0) is 0 Å². The van der Waals surface area contributed by atoms with Gasteiger partial charge in [0.05, 0.1) is 17.1 Å². The van der Waals surface area contributed by atoms with Crippen molar-refractivity contribution in [2.75, 3.05) is 26.7 Å². The molecule has 3 aromatic rings. The summed E-state index contributed by atoms with van der Waals surface area (Å²) in [6.45, 7) is 2.20. The first-order valence-electron chi connectivity index (χ1n) is 7.79. The Hall–Kier alpha value is -2.60. The van der Waals surface area contributed by atoms with Crippen LogP contribution in [0.2, 0.25) is 0 Å². The van der Waals surface area contributed by atoms with Crippen LogP contribution in [0.4, 0.5) is 0 Å². The van der Waals surface area contributed by atoms with E-state index in [9.17, 15) is 4.79 Å². The fourth-order valence-electron chi connectivity index (χ4n) is 3.25. The lowest BCUT2D eigenvalue weighted by molar-refractivity contribution is 0.0536. The van der Waals surface area contributed by atoms with Crippen LogP contribution in [0.1, 0.15) is 22.2 Å². The van der Waals surface area contributed by atoms with Gasteiger partial charge in [-0.15, -0.1) is 0 Å². The van der Waals surface area contributed by atoms with Crippen LogP contribution in [0.3, 0.4) is 0 Å². The van der Waals surface area contributed by atoms with E-state index >= 15 is 0 Å². The number of benzene rings is 1. The number of rotatable bonds is 2. The lowest BCUT2D eigenvalue weighted by Crippen LogP contribution is -2.49. The summed E-state index contributed by atoms with van der Waals surface area (Å²) in [5.74, 6) is 0.978. The number of fused-ring (bicyclic) bond motifs is 1. The van der Waals surface area contributed by atoms with E-state index in [4.69, 9.17) is 0 Å². The summed E-state index contributed by atoms with van der Waals surface area (Å²) in [6.07, 6.45) is 5.45. The molecule has 1 aliphatic rings. The molecule has 0 bridgehead atoms. The molecule has 4 rings (SSSR count). The maximum Gasteiger partial charge on any atom is 0.256 e. The van der Waals surface area contributed by atoms with Crippen LogP contribution in [0.5, 0.6) is 0 Å². The number of aromatic nitrogens is 3. The number of H-pyrrole nitrogens is 2. The highest BCUT2D eigenvalue weighted by atomic mass is 16.2. The van der Waals surface area contributed by atoms with Crippen LogP contribution in [0, 0.1) is 0 Å². The van der Waals surface area contributed by atoms with Crippen molar-refractivity contribution in [1.29, 1.82) is 0 Å². The number of nitrogens with zero attached hydrogens (tertiary/aromatic N) is 3. The first-order chi connectivity index (χ1) is 11.2. The molecule has 0 spiro atoms. The zero-order chi connectivity index (χ0) is 15.8. The molecule has 3 heterocycles. The molecule has 6 nitrogen and oxygen atoms in total. The van der Waals surface area contributed by atoms with Gasteiger partial charge >= 0.3 is 0 Å². The minimum atomic E-state index is 0.0720. The Balaban J connectivity index is 1.62. The largest absolute Gasteiger partial charge is 0.361 e. The van der Waals surface area contributed by atoms with Crippen LogP contribution >= 0.6 is 0 Å². The summed E-state index contributed by atoms with van der Waals surface area (Å²) in [7, 11) is 2.07. The first kappa shape index (κ1) is 14.0. The Morgan fingerprint density at radius 1 is 1.22 bits per heavy atom.